The SMILES string of the molecule is COc1ccc(CN(C2CC2)[C@@H](C)C(=O)Nc2cc(Cl)ccc2OC)cc1. The van der Waals surface area contributed by atoms with Crippen molar-refractivity contribution in [3.63, 3.8) is 0 Å². The van der Waals surface area contributed by atoms with Crippen LogP contribution in [0, 0.1) is 0 Å². The predicted octanol–water partition coefficient (Wildman–Crippen LogP) is 4.35. The summed E-state index contributed by atoms with van der Waals surface area (Å²) in [6.45, 7) is 2.66. The first-order valence-electron chi connectivity index (χ1n) is 9.05. The second kappa shape index (κ2) is 8.63. The number of benzene rings is 2. The molecule has 1 aliphatic carbocycles. The molecule has 5 nitrogen and oxygen atoms in total. The fourth-order valence-corrected chi connectivity index (χ4v) is 3.27. The molecular weight excluding hydrogens is 364 g/mol. The third-order valence-electron chi connectivity index (χ3n) is 4.84. The van der Waals surface area contributed by atoms with E-state index in [0.717, 1.165) is 30.7 Å². The van der Waals surface area contributed by atoms with Gasteiger partial charge in [-0.3, -0.25) is 9.69 Å². The number of carbonyl (C=O) groups excluding carboxylic acids is 1. The highest BCUT2D eigenvalue weighted by Gasteiger charge is 2.35. The number of hydrogen-bond donors (Lipinski definition) is 1. The van der Waals surface area contributed by atoms with E-state index in [1.807, 2.05) is 31.2 Å². The summed E-state index contributed by atoms with van der Waals surface area (Å²) < 4.78 is 10.5. The topological polar surface area (TPSA) is 50.8 Å². The van der Waals surface area contributed by atoms with Crippen LogP contribution in [-0.4, -0.2) is 37.1 Å². The van der Waals surface area contributed by atoms with Gasteiger partial charge in [-0.1, -0.05) is 23.7 Å². The highest BCUT2D eigenvalue weighted by molar-refractivity contribution is 6.31. The average Bonchev–Trinajstić information content (AvgIpc) is 3.51. The molecule has 1 aliphatic rings. The van der Waals surface area contributed by atoms with Crippen molar-refractivity contribution in [2.45, 2.75) is 38.4 Å². The minimum absolute atomic E-state index is 0.0732. The Bertz CT molecular complexity index is 791. The molecule has 1 atom stereocenters. The molecule has 1 saturated carbocycles. The van der Waals surface area contributed by atoms with Gasteiger partial charge in [0.05, 0.1) is 25.9 Å². The summed E-state index contributed by atoms with van der Waals surface area (Å²) in [5, 5.41) is 3.51. The Labute approximate surface area is 165 Å². The number of rotatable bonds is 8. The van der Waals surface area contributed by atoms with Crippen LogP contribution in [0.1, 0.15) is 25.3 Å². The zero-order valence-electron chi connectivity index (χ0n) is 15.9. The molecule has 2 aromatic rings. The van der Waals surface area contributed by atoms with Crippen LogP contribution in [-0.2, 0) is 11.3 Å². The van der Waals surface area contributed by atoms with Crippen molar-refractivity contribution in [2.75, 3.05) is 19.5 Å². The minimum atomic E-state index is -0.275. The third kappa shape index (κ3) is 4.93. The summed E-state index contributed by atoms with van der Waals surface area (Å²) in [5.41, 5.74) is 1.74. The molecule has 0 radical (unpaired) electrons. The van der Waals surface area contributed by atoms with Gasteiger partial charge in [0.15, 0.2) is 0 Å². The van der Waals surface area contributed by atoms with E-state index < -0.39 is 0 Å². The van der Waals surface area contributed by atoms with Crippen molar-refractivity contribution >= 4 is 23.2 Å². The molecule has 1 amide bonds. The van der Waals surface area contributed by atoms with Crippen molar-refractivity contribution in [3.8, 4) is 11.5 Å². The normalized spacial score (nSPS) is 14.7. The largest absolute Gasteiger partial charge is 0.497 e. The molecule has 0 unspecified atom stereocenters. The first-order chi connectivity index (χ1) is 13.0. The van der Waals surface area contributed by atoms with E-state index in [9.17, 15) is 4.79 Å². The van der Waals surface area contributed by atoms with Gasteiger partial charge in [-0.25, -0.2) is 0 Å². The van der Waals surface area contributed by atoms with E-state index >= 15 is 0 Å². The van der Waals surface area contributed by atoms with Crippen LogP contribution in [0.3, 0.4) is 0 Å². The molecule has 0 heterocycles. The number of nitrogens with one attached hydrogen (secondary N) is 1. The van der Waals surface area contributed by atoms with Gasteiger partial charge >= 0.3 is 0 Å². The summed E-state index contributed by atoms with van der Waals surface area (Å²) in [5.74, 6) is 1.35. The molecule has 0 saturated heterocycles. The Morgan fingerprint density at radius 2 is 1.89 bits per heavy atom. The van der Waals surface area contributed by atoms with Crippen LogP contribution < -0.4 is 14.8 Å². The Kier molecular flexibility index (Phi) is 6.24. The van der Waals surface area contributed by atoms with Crippen LogP contribution in [0.15, 0.2) is 42.5 Å². The Hall–Kier alpha value is -2.24. The molecular formula is C21H25ClN2O3. The van der Waals surface area contributed by atoms with Gasteiger partial charge in [-0.2, -0.15) is 0 Å². The quantitative estimate of drug-likeness (QED) is 0.730. The summed E-state index contributed by atoms with van der Waals surface area (Å²) in [4.78, 5) is 15.1. The number of carbonyl (C=O) groups is 1. The molecule has 144 valence electrons. The van der Waals surface area contributed by atoms with E-state index in [0.29, 0.717) is 22.5 Å². The van der Waals surface area contributed by atoms with E-state index in [-0.39, 0.29) is 11.9 Å². The summed E-state index contributed by atoms with van der Waals surface area (Å²) in [7, 11) is 3.23. The van der Waals surface area contributed by atoms with E-state index in [1.54, 1.807) is 32.4 Å². The number of ether oxygens (including phenoxy) is 2. The van der Waals surface area contributed by atoms with Crippen LogP contribution in [0.2, 0.25) is 5.02 Å². The van der Waals surface area contributed by atoms with Crippen molar-refractivity contribution < 1.29 is 14.3 Å². The molecule has 0 spiro atoms. The number of nitrogens with zero attached hydrogens (tertiary/aromatic N) is 1. The Morgan fingerprint density at radius 1 is 1.19 bits per heavy atom. The molecule has 2 aromatic carbocycles. The number of halogens is 1. The van der Waals surface area contributed by atoms with Crippen LogP contribution >= 0.6 is 11.6 Å². The first kappa shape index (κ1) is 19.5. The number of methoxy groups -OCH3 is 2. The van der Waals surface area contributed by atoms with E-state index in [4.69, 9.17) is 21.1 Å². The van der Waals surface area contributed by atoms with Gasteiger partial charge in [0.1, 0.15) is 11.5 Å². The lowest BCUT2D eigenvalue weighted by atomic mass is 10.1. The molecule has 1 fully saturated rings. The highest BCUT2D eigenvalue weighted by Crippen LogP contribution is 2.32. The molecule has 0 aliphatic heterocycles. The van der Waals surface area contributed by atoms with Gasteiger partial charge in [0.2, 0.25) is 5.91 Å². The summed E-state index contributed by atoms with van der Waals surface area (Å²) in [6.07, 6.45) is 2.24. The number of amides is 1. The fourth-order valence-electron chi connectivity index (χ4n) is 3.10. The molecule has 3 rings (SSSR count). The molecule has 6 heteroatoms. The Balaban J connectivity index is 1.71. The lowest BCUT2D eigenvalue weighted by molar-refractivity contribution is -0.121. The van der Waals surface area contributed by atoms with E-state index in [2.05, 4.69) is 10.2 Å². The zero-order valence-corrected chi connectivity index (χ0v) is 16.6. The second-order valence-corrected chi connectivity index (χ2v) is 7.20. The molecule has 0 bridgehead atoms. The maximum Gasteiger partial charge on any atom is 0.241 e. The smallest absolute Gasteiger partial charge is 0.241 e. The average molecular weight is 389 g/mol. The van der Waals surface area contributed by atoms with Crippen molar-refractivity contribution in [1.82, 2.24) is 4.90 Å². The second-order valence-electron chi connectivity index (χ2n) is 6.76. The van der Waals surface area contributed by atoms with Gasteiger partial charge < -0.3 is 14.8 Å². The fraction of sp³-hybridized carbons (Fsp3) is 0.381. The van der Waals surface area contributed by atoms with Crippen LogP contribution in [0.5, 0.6) is 11.5 Å². The molecule has 27 heavy (non-hydrogen) atoms. The molecule has 1 N–H and O–H groups in total. The number of anilines is 1. The monoisotopic (exact) mass is 388 g/mol. The molecule has 0 aromatic heterocycles. The minimum Gasteiger partial charge on any atom is -0.497 e. The van der Waals surface area contributed by atoms with Crippen LogP contribution in [0.25, 0.3) is 0 Å². The van der Waals surface area contributed by atoms with Crippen molar-refractivity contribution in [1.29, 1.82) is 0 Å². The highest BCUT2D eigenvalue weighted by atomic mass is 35.5. The predicted molar refractivity (Wildman–Crippen MR) is 108 cm³/mol. The van der Waals surface area contributed by atoms with Crippen molar-refractivity contribution in [3.05, 3.63) is 53.1 Å². The van der Waals surface area contributed by atoms with Gasteiger partial charge in [0, 0.05) is 17.6 Å². The van der Waals surface area contributed by atoms with Crippen molar-refractivity contribution in [2.24, 2.45) is 0 Å². The summed E-state index contributed by atoms with van der Waals surface area (Å²) >= 11 is 6.06. The maximum absolute atomic E-state index is 12.9. The van der Waals surface area contributed by atoms with Gasteiger partial charge in [-0.15, -0.1) is 0 Å². The van der Waals surface area contributed by atoms with Crippen LogP contribution in [0.4, 0.5) is 5.69 Å². The lowest BCUT2D eigenvalue weighted by Gasteiger charge is -2.28. The van der Waals surface area contributed by atoms with Gasteiger partial charge in [0.25, 0.3) is 0 Å². The number of hydrogen-bond acceptors (Lipinski definition) is 4. The third-order valence-corrected chi connectivity index (χ3v) is 5.07. The Morgan fingerprint density at radius 3 is 2.48 bits per heavy atom. The van der Waals surface area contributed by atoms with E-state index in [1.165, 1.54) is 0 Å². The maximum atomic E-state index is 12.9. The summed E-state index contributed by atoms with van der Waals surface area (Å²) in [6, 6.07) is 13.3. The standard InChI is InChI=1S/C21H25ClN2O3/c1-14(21(25)23-19-12-16(22)6-11-20(19)27-3)24(17-7-8-17)13-15-4-9-18(26-2)10-5-15/h4-6,9-12,14,17H,7-8,13H2,1-3H3,(H,23,25)/t14-/m0/s1. The first-order valence-corrected chi connectivity index (χ1v) is 9.42. The van der Waals surface area contributed by atoms with Gasteiger partial charge in [-0.05, 0) is 55.7 Å². The lowest BCUT2D eigenvalue weighted by Crippen LogP contribution is -2.43. The zero-order chi connectivity index (χ0) is 19.4.